The molecular weight excluding hydrogens is 284 g/mol. The standard InChI is InChI=1S/C18H15ClO2/c1-13-11-15(12-20-13)18(19)14-7-9-17(10-8-14)21-16-5-3-2-4-6-16/h2-12,18H,1H3. The first-order valence-electron chi connectivity index (χ1n) is 6.74. The van der Waals surface area contributed by atoms with Crippen LogP contribution in [0.1, 0.15) is 22.3 Å². The van der Waals surface area contributed by atoms with Crippen LogP contribution in [0.15, 0.2) is 71.3 Å². The van der Waals surface area contributed by atoms with E-state index in [2.05, 4.69) is 0 Å². The summed E-state index contributed by atoms with van der Waals surface area (Å²) in [7, 11) is 0. The van der Waals surface area contributed by atoms with E-state index in [1.165, 1.54) is 0 Å². The van der Waals surface area contributed by atoms with Gasteiger partial charge in [0.1, 0.15) is 17.3 Å². The number of hydrogen-bond donors (Lipinski definition) is 0. The van der Waals surface area contributed by atoms with Crippen LogP contribution in [0.25, 0.3) is 0 Å². The number of alkyl halides is 1. The van der Waals surface area contributed by atoms with Crippen LogP contribution >= 0.6 is 11.6 Å². The van der Waals surface area contributed by atoms with Gasteiger partial charge in [-0.3, -0.25) is 0 Å². The fourth-order valence-electron chi connectivity index (χ4n) is 2.12. The van der Waals surface area contributed by atoms with Crippen molar-refractivity contribution in [2.24, 2.45) is 0 Å². The maximum absolute atomic E-state index is 6.46. The second-order valence-corrected chi connectivity index (χ2v) is 5.27. The number of para-hydroxylation sites is 1. The largest absolute Gasteiger partial charge is 0.469 e. The highest BCUT2D eigenvalue weighted by molar-refractivity contribution is 6.22. The van der Waals surface area contributed by atoms with Crippen molar-refractivity contribution in [3.8, 4) is 11.5 Å². The van der Waals surface area contributed by atoms with E-state index in [0.717, 1.165) is 28.4 Å². The highest BCUT2D eigenvalue weighted by Crippen LogP contribution is 2.31. The Kier molecular flexibility index (Phi) is 3.98. The fourth-order valence-corrected chi connectivity index (χ4v) is 2.38. The van der Waals surface area contributed by atoms with Crippen molar-refractivity contribution in [2.75, 3.05) is 0 Å². The first kappa shape index (κ1) is 13.8. The summed E-state index contributed by atoms with van der Waals surface area (Å²) in [5.41, 5.74) is 1.98. The maximum atomic E-state index is 6.46. The van der Waals surface area contributed by atoms with Gasteiger partial charge < -0.3 is 9.15 Å². The van der Waals surface area contributed by atoms with Gasteiger partial charge in [-0.2, -0.15) is 0 Å². The van der Waals surface area contributed by atoms with Crippen LogP contribution in [-0.4, -0.2) is 0 Å². The molecule has 1 unspecified atom stereocenters. The predicted molar refractivity (Wildman–Crippen MR) is 84.1 cm³/mol. The molecule has 0 fully saturated rings. The van der Waals surface area contributed by atoms with Crippen molar-refractivity contribution < 1.29 is 9.15 Å². The number of hydrogen-bond acceptors (Lipinski definition) is 2. The summed E-state index contributed by atoms with van der Waals surface area (Å²) in [5, 5.41) is -0.215. The second-order valence-electron chi connectivity index (χ2n) is 4.84. The van der Waals surface area contributed by atoms with E-state index in [0.29, 0.717) is 0 Å². The van der Waals surface area contributed by atoms with Gasteiger partial charge in [0.05, 0.1) is 11.6 Å². The molecule has 0 radical (unpaired) electrons. The van der Waals surface area contributed by atoms with Gasteiger partial charge in [-0.1, -0.05) is 30.3 Å². The summed E-state index contributed by atoms with van der Waals surface area (Å²) < 4.78 is 11.1. The topological polar surface area (TPSA) is 22.4 Å². The Morgan fingerprint density at radius 3 is 2.19 bits per heavy atom. The molecule has 3 aromatic rings. The number of furan rings is 1. The molecule has 0 aliphatic heterocycles. The third kappa shape index (κ3) is 3.29. The van der Waals surface area contributed by atoms with E-state index in [4.69, 9.17) is 20.8 Å². The molecule has 1 atom stereocenters. The Hall–Kier alpha value is -2.19. The van der Waals surface area contributed by atoms with E-state index in [-0.39, 0.29) is 5.38 Å². The summed E-state index contributed by atoms with van der Waals surface area (Å²) in [6.07, 6.45) is 1.70. The smallest absolute Gasteiger partial charge is 0.127 e. The molecule has 1 aromatic heterocycles. The molecule has 3 heteroatoms. The van der Waals surface area contributed by atoms with Gasteiger partial charge in [0.15, 0.2) is 0 Å². The lowest BCUT2D eigenvalue weighted by Gasteiger charge is -2.09. The van der Waals surface area contributed by atoms with Gasteiger partial charge in [-0.05, 0) is 42.8 Å². The summed E-state index contributed by atoms with van der Waals surface area (Å²) in [6, 6.07) is 19.4. The molecule has 0 aliphatic rings. The van der Waals surface area contributed by atoms with Crippen LogP contribution in [0, 0.1) is 6.92 Å². The van der Waals surface area contributed by atoms with Crippen molar-refractivity contribution >= 4 is 11.6 Å². The third-order valence-electron chi connectivity index (χ3n) is 3.20. The molecule has 2 aromatic carbocycles. The molecule has 106 valence electrons. The van der Waals surface area contributed by atoms with Gasteiger partial charge in [0, 0.05) is 5.56 Å². The van der Waals surface area contributed by atoms with Gasteiger partial charge in [-0.15, -0.1) is 11.6 Å². The van der Waals surface area contributed by atoms with Crippen molar-refractivity contribution in [3.63, 3.8) is 0 Å². The lowest BCUT2D eigenvalue weighted by atomic mass is 10.1. The van der Waals surface area contributed by atoms with Crippen LogP contribution in [0.5, 0.6) is 11.5 Å². The lowest BCUT2D eigenvalue weighted by Crippen LogP contribution is -1.91. The highest BCUT2D eigenvalue weighted by atomic mass is 35.5. The van der Waals surface area contributed by atoms with Gasteiger partial charge in [0.25, 0.3) is 0 Å². The summed E-state index contributed by atoms with van der Waals surface area (Å²) in [4.78, 5) is 0. The molecule has 1 heterocycles. The Morgan fingerprint density at radius 2 is 1.57 bits per heavy atom. The third-order valence-corrected chi connectivity index (χ3v) is 3.70. The zero-order valence-corrected chi connectivity index (χ0v) is 12.4. The molecule has 0 aliphatic carbocycles. The molecule has 0 N–H and O–H groups in total. The number of aryl methyl sites for hydroxylation is 1. The van der Waals surface area contributed by atoms with E-state index >= 15 is 0 Å². The molecule has 0 spiro atoms. The Balaban J connectivity index is 1.75. The molecule has 3 rings (SSSR count). The first-order chi connectivity index (χ1) is 10.2. The van der Waals surface area contributed by atoms with Crippen molar-refractivity contribution in [1.82, 2.24) is 0 Å². The van der Waals surface area contributed by atoms with Crippen molar-refractivity contribution in [1.29, 1.82) is 0 Å². The van der Waals surface area contributed by atoms with Crippen LogP contribution in [0.4, 0.5) is 0 Å². The Bertz CT molecular complexity index is 702. The molecule has 0 bridgehead atoms. The van der Waals surface area contributed by atoms with E-state index in [9.17, 15) is 0 Å². The molecule has 2 nitrogen and oxygen atoms in total. The minimum Gasteiger partial charge on any atom is -0.469 e. The van der Waals surface area contributed by atoms with E-state index in [1.54, 1.807) is 6.26 Å². The minimum absolute atomic E-state index is 0.215. The molecule has 0 saturated carbocycles. The lowest BCUT2D eigenvalue weighted by molar-refractivity contribution is 0.482. The second kappa shape index (κ2) is 6.06. The summed E-state index contributed by atoms with van der Waals surface area (Å²) in [5.74, 6) is 2.47. The quantitative estimate of drug-likeness (QED) is 0.576. The maximum Gasteiger partial charge on any atom is 0.127 e. The zero-order chi connectivity index (χ0) is 14.7. The Morgan fingerprint density at radius 1 is 0.905 bits per heavy atom. The number of rotatable bonds is 4. The van der Waals surface area contributed by atoms with E-state index in [1.807, 2.05) is 67.6 Å². The average molecular weight is 299 g/mol. The summed E-state index contributed by atoms with van der Waals surface area (Å²) in [6.45, 7) is 1.91. The monoisotopic (exact) mass is 298 g/mol. The van der Waals surface area contributed by atoms with Crippen LogP contribution < -0.4 is 4.74 Å². The molecule has 0 saturated heterocycles. The van der Waals surface area contributed by atoms with Gasteiger partial charge in [-0.25, -0.2) is 0 Å². The van der Waals surface area contributed by atoms with Crippen molar-refractivity contribution in [3.05, 3.63) is 83.8 Å². The van der Waals surface area contributed by atoms with Crippen LogP contribution in [0.2, 0.25) is 0 Å². The number of ether oxygens (including phenoxy) is 1. The summed E-state index contributed by atoms with van der Waals surface area (Å²) >= 11 is 6.46. The average Bonchev–Trinajstić information content (AvgIpc) is 2.95. The fraction of sp³-hybridized carbons (Fsp3) is 0.111. The van der Waals surface area contributed by atoms with Gasteiger partial charge in [0.2, 0.25) is 0 Å². The molecule has 21 heavy (non-hydrogen) atoms. The zero-order valence-electron chi connectivity index (χ0n) is 11.6. The van der Waals surface area contributed by atoms with Crippen molar-refractivity contribution in [2.45, 2.75) is 12.3 Å². The molecular formula is C18H15ClO2. The van der Waals surface area contributed by atoms with Crippen LogP contribution in [0.3, 0.4) is 0 Å². The van der Waals surface area contributed by atoms with Gasteiger partial charge >= 0.3 is 0 Å². The van der Waals surface area contributed by atoms with E-state index < -0.39 is 0 Å². The minimum atomic E-state index is -0.215. The number of benzene rings is 2. The number of halogens is 1. The first-order valence-corrected chi connectivity index (χ1v) is 7.18. The Labute approximate surface area is 128 Å². The predicted octanol–water partition coefficient (Wildman–Crippen LogP) is 5.71. The highest BCUT2D eigenvalue weighted by Gasteiger charge is 2.13. The normalized spacial score (nSPS) is 12.1. The SMILES string of the molecule is Cc1cc(C(Cl)c2ccc(Oc3ccccc3)cc2)co1. The molecule has 0 amide bonds. The van der Waals surface area contributed by atoms with Crippen LogP contribution in [-0.2, 0) is 0 Å².